The number of hydrogen-bond acceptors (Lipinski definition) is 4. The van der Waals surface area contributed by atoms with Crippen LogP contribution in [0.25, 0.3) is 17.1 Å². The van der Waals surface area contributed by atoms with Crippen LogP contribution >= 0.6 is 11.8 Å². The Kier molecular flexibility index (Phi) is 5.91. The lowest BCUT2D eigenvalue weighted by molar-refractivity contribution is 0.344. The number of nitrogens with zero attached hydrogens (tertiary/aromatic N) is 3. The average Bonchev–Trinajstić information content (AvgIpc) is 3.17. The van der Waals surface area contributed by atoms with E-state index in [4.69, 9.17) is 4.74 Å². The highest BCUT2D eigenvalue weighted by Crippen LogP contribution is 2.28. The van der Waals surface area contributed by atoms with Crippen molar-refractivity contribution in [2.45, 2.75) is 12.1 Å². The van der Waals surface area contributed by atoms with Crippen molar-refractivity contribution in [3.8, 4) is 22.8 Å². The zero-order chi connectivity index (χ0) is 20.1. The molecule has 6 heteroatoms. The molecule has 0 N–H and O–H groups in total. The molecule has 1 aromatic heterocycles. The first-order valence-electron chi connectivity index (χ1n) is 9.30. The Morgan fingerprint density at radius 1 is 0.897 bits per heavy atom. The van der Waals surface area contributed by atoms with Crippen molar-refractivity contribution in [3.63, 3.8) is 0 Å². The summed E-state index contributed by atoms with van der Waals surface area (Å²) in [6, 6.07) is 24.2. The van der Waals surface area contributed by atoms with Gasteiger partial charge in [0.1, 0.15) is 11.6 Å². The number of benzene rings is 3. The van der Waals surface area contributed by atoms with E-state index in [9.17, 15) is 4.39 Å². The van der Waals surface area contributed by atoms with Gasteiger partial charge in [0.25, 0.3) is 0 Å². The lowest BCUT2D eigenvalue weighted by atomic mass is 10.2. The molecule has 3 aromatic carbocycles. The molecule has 0 amide bonds. The maximum Gasteiger partial charge on any atom is 0.196 e. The third-order valence-corrected chi connectivity index (χ3v) is 5.25. The summed E-state index contributed by atoms with van der Waals surface area (Å²) in [4.78, 5) is 0. The summed E-state index contributed by atoms with van der Waals surface area (Å²) in [5.41, 5.74) is 2.97. The topological polar surface area (TPSA) is 39.9 Å². The molecule has 0 fully saturated rings. The minimum absolute atomic E-state index is 0.276. The minimum Gasteiger partial charge on any atom is -0.493 e. The molecule has 4 nitrogen and oxygen atoms in total. The second-order valence-electron chi connectivity index (χ2n) is 6.49. The summed E-state index contributed by atoms with van der Waals surface area (Å²) >= 11 is 1.57. The maximum atomic E-state index is 13.3. The molecule has 0 aliphatic heterocycles. The number of thioether (sulfide) groups is 1. The second kappa shape index (κ2) is 8.92. The summed E-state index contributed by atoms with van der Waals surface area (Å²) in [7, 11) is 0. The van der Waals surface area contributed by atoms with Crippen molar-refractivity contribution in [2.24, 2.45) is 0 Å². The van der Waals surface area contributed by atoms with Gasteiger partial charge < -0.3 is 4.74 Å². The highest BCUT2D eigenvalue weighted by atomic mass is 32.2. The minimum atomic E-state index is -0.276. The van der Waals surface area contributed by atoms with Gasteiger partial charge >= 0.3 is 0 Å². The first kappa shape index (κ1) is 19.2. The average molecular weight is 405 g/mol. The monoisotopic (exact) mass is 405 g/mol. The molecule has 4 rings (SSSR count). The summed E-state index contributed by atoms with van der Waals surface area (Å²) in [5, 5.41) is 9.51. The van der Waals surface area contributed by atoms with Crippen LogP contribution in [0.5, 0.6) is 5.75 Å². The first-order valence-corrected chi connectivity index (χ1v) is 10.3. The summed E-state index contributed by atoms with van der Waals surface area (Å²) < 4.78 is 21.1. The fourth-order valence-electron chi connectivity index (χ4n) is 2.89. The van der Waals surface area contributed by atoms with Gasteiger partial charge in [-0.2, -0.15) is 0 Å². The molecule has 0 saturated heterocycles. The zero-order valence-electron chi connectivity index (χ0n) is 16.0. The van der Waals surface area contributed by atoms with Crippen molar-refractivity contribution in [1.82, 2.24) is 14.8 Å². The molecule has 1 heterocycles. The third-order valence-electron chi connectivity index (χ3n) is 4.35. The SMILES string of the molecule is Cc1ccc(OCCSc2nnc(-c3ccc(F)cc3)n2-c2ccccc2)cc1. The Labute approximate surface area is 173 Å². The van der Waals surface area contributed by atoms with Crippen LogP contribution in [-0.4, -0.2) is 27.1 Å². The largest absolute Gasteiger partial charge is 0.493 e. The summed E-state index contributed by atoms with van der Waals surface area (Å²) in [6.07, 6.45) is 0. The molecule has 0 aliphatic rings. The fraction of sp³-hybridized carbons (Fsp3) is 0.130. The molecule has 0 unspecified atom stereocenters. The van der Waals surface area contributed by atoms with Crippen molar-refractivity contribution in [1.29, 1.82) is 0 Å². The van der Waals surface area contributed by atoms with E-state index >= 15 is 0 Å². The molecule has 29 heavy (non-hydrogen) atoms. The Bertz CT molecular complexity index is 1060. The Balaban J connectivity index is 1.53. The van der Waals surface area contributed by atoms with Crippen LogP contribution in [0.3, 0.4) is 0 Å². The summed E-state index contributed by atoms with van der Waals surface area (Å²) in [6.45, 7) is 2.61. The predicted molar refractivity (Wildman–Crippen MR) is 114 cm³/mol. The molecule has 0 spiro atoms. The van der Waals surface area contributed by atoms with E-state index in [-0.39, 0.29) is 5.82 Å². The van der Waals surface area contributed by atoms with Gasteiger partial charge in [0.05, 0.1) is 6.61 Å². The Morgan fingerprint density at radius 2 is 1.62 bits per heavy atom. The molecule has 0 bridgehead atoms. The molecule has 0 saturated carbocycles. The highest BCUT2D eigenvalue weighted by Gasteiger charge is 2.16. The van der Waals surface area contributed by atoms with E-state index in [1.165, 1.54) is 17.7 Å². The van der Waals surface area contributed by atoms with E-state index in [2.05, 4.69) is 17.1 Å². The van der Waals surface area contributed by atoms with Crippen LogP contribution in [-0.2, 0) is 0 Å². The zero-order valence-corrected chi connectivity index (χ0v) is 16.8. The molecule has 4 aromatic rings. The van der Waals surface area contributed by atoms with E-state index in [0.717, 1.165) is 27.9 Å². The molecular weight excluding hydrogens is 385 g/mol. The number of ether oxygens (including phenoxy) is 1. The van der Waals surface area contributed by atoms with Gasteiger partial charge in [-0.3, -0.25) is 4.57 Å². The van der Waals surface area contributed by atoms with Gasteiger partial charge in [-0.1, -0.05) is 47.7 Å². The van der Waals surface area contributed by atoms with E-state index in [1.54, 1.807) is 23.9 Å². The number of halogens is 1. The normalized spacial score (nSPS) is 10.8. The van der Waals surface area contributed by atoms with Gasteiger partial charge in [-0.15, -0.1) is 10.2 Å². The predicted octanol–water partition coefficient (Wildman–Crippen LogP) is 5.55. The lowest BCUT2D eigenvalue weighted by Crippen LogP contribution is -2.03. The molecule has 0 atom stereocenters. The highest BCUT2D eigenvalue weighted by molar-refractivity contribution is 7.99. The smallest absolute Gasteiger partial charge is 0.196 e. The number of rotatable bonds is 7. The van der Waals surface area contributed by atoms with Crippen molar-refractivity contribution < 1.29 is 9.13 Å². The molecule has 146 valence electrons. The van der Waals surface area contributed by atoms with E-state index < -0.39 is 0 Å². The van der Waals surface area contributed by atoms with Crippen LogP contribution in [0, 0.1) is 12.7 Å². The van der Waals surface area contributed by atoms with Crippen LogP contribution in [0.4, 0.5) is 4.39 Å². The van der Waals surface area contributed by atoms with E-state index in [1.807, 2.05) is 59.2 Å². The van der Waals surface area contributed by atoms with Gasteiger partial charge in [-0.05, 0) is 55.5 Å². The Hall–Kier alpha value is -3.12. The van der Waals surface area contributed by atoms with Gasteiger partial charge in [0, 0.05) is 17.0 Å². The van der Waals surface area contributed by atoms with Crippen LogP contribution in [0.2, 0.25) is 0 Å². The number of para-hydroxylation sites is 1. The first-order chi connectivity index (χ1) is 14.2. The van der Waals surface area contributed by atoms with Crippen LogP contribution < -0.4 is 4.74 Å². The molecular formula is C23H20FN3OS. The quantitative estimate of drug-likeness (QED) is 0.298. The molecule has 0 radical (unpaired) electrons. The van der Waals surface area contributed by atoms with Crippen molar-refractivity contribution >= 4 is 11.8 Å². The Morgan fingerprint density at radius 3 is 2.34 bits per heavy atom. The standard InChI is InChI=1S/C23H20FN3OS/c1-17-7-13-21(14-8-17)28-15-16-29-23-26-25-22(18-9-11-19(24)12-10-18)27(23)20-5-3-2-4-6-20/h2-14H,15-16H2,1H3. The van der Waals surface area contributed by atoms with Crippen LogP contribution in [0.15, 0.2) is 84.0 Å². The molecule has 0 aliphatic carbocycles. The summed E-state index contributed by atoms with van der Waals surface area (Å²) in [5.74, 6) is 1.98. The third kappa shape index (κ3) is 4.66. The number of aromatic nitrogens is 3. The lowest BCUT2D eigenvalue weighted by Gasteiger charge is -2.11. The van der Waals surface area contributed by atoms with Gasteiger partial charge in [-0.25, -0.2) is 4.39 Å². The number of hydrogen-bond donors (Lipinski definition) is 0. The van der Waals surface area contributed by atoms with Gasteiger partial charge in [0.15, 0.2) is 11.0 Å². The van der Waals surface area contributed by atoms with Crippen molar-refractivity contribution in [2.75, 3.05) is 12.4 Å². The number of aryl methyl sites for hydroxylation is 1. The van der Waals surface area contributed by atoms with E-state index in [0.29, 0.717) is 12.4 Å². The van der Waals surface area contributed by atoms with Crippen molar-refractivity contribution in [3.05, 3.63) is 90.2 Å². The van der Waals surface area contributed by atoms with Gasteiger partial charge in [0.2, 0.25) is 0 Å². The second-order valence-corrected chi connectivity index (χ2v) is 7.56. The van der Waals surface area contributed by atoms with Crippen LogP contribution in [0.1, 0.15) is 5.56 Å². The fourth-order valence-corrected chi connectivity index (χ4v) is 3.65. The maximum absolute atomic E-state index is 13.3.